The summed E-state index contributed by atoms with van der Waals surface area (Å²) in [5.41, 5.74) is 1.01. The van der Waals surface area contributed by atoms with Gasteiger partial charge in [0.05, 0.1) is 12.2 Å². The van der Waals surface area contributed by atoms with Crippen LogP contribution in [-0.4, -0.2) is 32.2 Å². The first-order chi connectivity index (χ1) is 16.7. The molecule has 11 heteroatoms. The van der Waals surface area contributed by atoms with Gasteiger partial charge in [0.1, 0.15) is 29.4 Å². The molecule has 0 saturated carbocycles. The van der Waals surface area contributed by atoms with Gasteiger partial charge in [0.15, 0.2) is 0 Å². The molecule has 5 rings (SSSR count). The van der Waals surface area contributed by atoms with E-state index < -0.39 is 18.0 Å². The van der Waals surface area contributed by atoms with Crippen LogP contribution in [0.3, 0.4) is 0 Å². The Morgan fingerprint density at radius 2 is 2.00 bits per heavy atom. The third kappa shape index (κ3) is 4.44. The molecule has 0 spiro atoms. The molecule has 1 aromatic carbocycles. The molecule has 1 N–H and O–H groups in total. The predicted molar refractivity (Wildman–Crippen MR) is 118 cm³/mol. The monoisotopic (exact) mass is 485 g/mol. The first-order valence-electron chi connectivity index (χ1n) is 10.6. The van der Waals surface area contributed by atoms with E-state index in [1.807, 2.05) is 0 Å². The lowest BCUT2D eigenvalue weighted by atomic mass is 10.0. The molecule has 1 aliphatic rings. The van der Waals surface area contributed by atoms with Crippen molar-refractivity contribution in [3.8, 4) is 11.4 Å². The first kappa shape index (κ1) is 22.5. The van der Waals surface area contributed by atoms with Gasteiger partial charge in [-0.2, -0.15) is 13.2 Å². The molecule has 0 radical (unpaired) electrons. The minimum atomic E-state index is -4.51. The highest BCUT2D eigenvalue weighted by molar-refractivity contribution is 5.85. The number of aromatic nitrogens is 2. The number of alkyl halides is 3. The Bertz CT molecular complexity index is 1470. The van der Waals surface area contributed by atoms with Gasteiger partial charge < -0.3 is 19.2 Å². The summed E-state index contributed by atoms with van der Waals surface area (Å²) < 4.78 is 50.7. The SMILES string of the molecule is O=C(O)N1CCc2oc3cc(-n4ccc(OCc5ccc(C(F)(F)F)nc5)cc4=O)ccc3c2C1. The van der Waals surface area contributed by atoms with E-state index in [0.717, 1.165) is 29.0 Å². The highest BCUT2D eigenvalue weighted by Crippen LogP contribution is 2.32. The van der Waals surface area contributed by atoms with Gasteiger partial charge in [0, 0.05) is 54.0 Å². The van der Waals surface area contributed by atoms with E-state index >= 15 is 0 Å². The van der Waals surface area contributed by atoms with Crippen molar-refractivity contribution in [2.45, 2.75) is 25.7 Å². The molecule has 3 aromatic heterocycles. The third-order valence-electron chi connectivity index (χ3n) is 5.78. The fourth-order valence-electron chi connectivity index (χ4n) is 3.99. The van der Waals surface area contributed by atoms with Gasteiger partial charge in [-0.15, -0.1) is 0 Å². The Morgan fingerprint density at radius 3 is 2.69 bits per heavy atom. The number of pyridine rings is 2. The Hall–Kier alpha value is -4.28. The van der Waals surface area contributed by atoms with Gasteiger partial charge in [0.2, 0.25) is 0 Å². The molecule has 0 aliphatic carbocycles. The number of furan rings is 1. The van der Waals surface area contributed by atoms with Gasteiger partial charge >= 0.3 is 12.3 Å². The van der Waals surface area contributed by atoms with Crippen molar-refractivity contribution in [1.82, 2.24) is 14.5 Å². The molecule has 1 amide bonds. The second-order valence-corrected chi connectivity index (χ2v) is 8.05. The number of nitrogens with zero attached hydrogens (tertiary/aromatic N) is 3. The summed E-state index contributed by atoms with van der Waals surface area (Å²) in [6.45, 7) is 0.557. The molecule has 0 unspecified atom stereocenters. The van der Waals surface area contributed by atoms with E-state index in [9.17, 15) is 27.9 Å². The van der Waals surface area contributed by atoms with E-state index in [4.69, 9.17) is 9.15 Å². The minimum Gasteiger partial charge on any atom is -0.489 e. The van der Waals surface area contributed by atoms with E-state index in [1.54, 1.807) is 24.3 Å². The fourth-order valence-corrected chi connectivity index (χ4v) is 3.99. The van der Waals surface area contributed by atoms with Gasteiger partial charge in [-0.25, -0.2) is 4.79 Å². The van der Waals surface area contributed by atoms with Crippen molar-refractivity contribution >= 4 is 17.1 Å². The van der Waals surface area contributed by atoms with Crippen LogP contribution in [0.4, 0.5) is 18.0 Å². The number of benzene rings is 1. The third-order valence-corrected chi connectivity index (χ3v) is 5.78. The number of hydrogen-bond donors (Lipinski definition) is 1. The van der Waals surface area contributed by atoms with E-state index in [0.29, 0.717) is 29.8 Å². The summed E-state index contributed by atoms with van der Waals surface area (Å²) in [5.74, 6) is 0.998. The molecule has 1 aliphatic heterocycles. The zero-order valence-corrected chi connectivity index (χ0v) is 18.1. The number of rotatable bonds is 4. The molecule has 4 aromatic rings. The number of halogens is 3. The van der Waals surface area contributed by atoms with Gasteiger partial charge in [-0.3, -0.25) is 14.3 Å². The van der Waals surface area contributed by atoms with E-state index in [-0.39, 0.29) is 24.5 Å². The van der Waals surface area contributed by atoms with Crippen LogP contribution in [-0.2, 0) is 25.7 Å². The zero-order chi connectivity index (χ0) is 24.7. The van der Waals surface area contributed by atoms with Crippen LogP contribution in [0.2, 0.25) is 0 Å². The second kappa shape index (κ2) is 8.49. The van der Waals surface area contributed by atoms with Crippen LogP contribution in [0.15, 0.2) is 64.1 Å². The van der Waals surface area contributed by atoms with Gasteiger partial charge in [0.25, 0.3) is 5.56 Å². The average Bonchev–Trinajstić information content (AvgIpc) is 3.19. The molecule has 35 heavy (non-hydrogen) atoms. The average molecular weight is 485 g/mol. The number of carboxylic acid groups (broad SMARTS) is 1. The van der Waals surface area contributed by atoms with Gasteiger partial charge in [-0.05, 0) is 24.3 Å². The van der Waals surface area contributed by atoms with Crippen molar-refractivity contribution in [2.75, 3.05) is 6.54 Å². The molecular formula is C24H18F3N3O5. The van der Waals surface area contributed by atoms with Crippen LogP contribution >= 0.6 is 0 Å². The number of ether oxygens (including phenoxy) is 1. The standard InChI is InChI=1S/C24H18F3N3O5/c25-24(26,27)21-4-1-14(11-28-21)13-34-16-5-8-30(22(31)10-16)15-2-3-17-18-12-29(23(32)33)7-6-19(18)35-20(17)9-15/h1-5,8-11H,6-7,12-13H2,(H,32,33). The maximum Gasteiger partial charge on any atom is 0.433 e. The number of carbonyl (C=O) groups is 1. The lowest BCUT2D eigenvalue weighted by Gasteiger charge is -2.23. The highest BCUT2D eigenvalue weighted by Gasteiger charge is 2.32. The fraction of sp³-hybridized carbons (Fsp3) is 0.208. The van der Waals surface area contributed by atoms with E-state index in [1.165, 1.54) is 27.8 Å². The maximum absolute atomic E-state index is 12.7. The maximum atomic E-state index is 12.7. The van der Waals surface area contributed by atoms with Gasteiger partial charge in [-0.1, -0.05) is 6.07 Å². The zero-order valence-electron chi connectivity index (χ0n) is 18.1. The van der Waals surface area contributed by atoms with Crippen LogP contribution in [0.1, 0.15) is 22.6 Å². The Morgan fingerprint density at radius 1 is 1.17 bits per heavy atom. The summed E-state index contributed by atoms with van der Waals surface area (Å²) in [7, 11) is 0. The molecule has 180 valence electrons. The molecular weight excluding hydrogens is 467 g/mol. The van der Waals surface area contributed by atoms with Crippen molar-refractivity contribution in [1.29, 1.82) is 0 Å². The molecule has 0 saturated heterocycles. The lowest BCUT2D eigenvalue weighted by Crippen LogP contribution is -2.34. The van der Waals surface area contributed by atoms with Crippen molar-refractivity contribution in [3.63, 3.8) is 0 Å². The van der Waals surface area contributed by atoms with Crippen LogP contribution in [0.5, 0.6) is 5.75 Å². The summed E-state index contributed by atoms with van der Waals surface area (Å²) in [6.07, 6.45) is -2.41. The summed E-state index contributed by atoms with van der Waals surface area (Å²) in [4.78, 5) is 28.7. The van der Waals surface area contributed by atoms with Crippen molar-refractivity contribution in [2.24, 2.45) is 0 Å². The smallest absolute Gasteiger partial charge is 0.433 e. The molecule has 0 fully saturated rings. The normalized spacial score (nSPS) is 13.6. The van der Waals surface area contributed by atoms with E-state index in [2.05, 4.69) is 4.98 Å². The lowest BCUT2D eigenvalue weighted by molar-refractivity contribution is -0.141. The highest BCUT2D eigenvalue weighted by atomic mass is 19.4. The van der Waals surface area contributed by atoms with Crippen LogP contribution < -0.4 is 10.3 Å². The summed E-state index contributed by atoms with van der Waals surface area (Å²) in [6, 6.07) is 10.2. The van der Waals surface area contributed by atoms with Crippen molar-refractivity contribution in [3.05, 3.63) is 87.8 Å². The number of amides is 1. The van der Waals surface area contributed by atoms with Crippen molar-refractivity contribution < 1.29 is 32.2 Å². The largest absolute Gasteiger partial charge is 0.489 e. The topological polar surface area (TPSA) is 97.8 Å². The Labute approximate surface area is 195 Å². The molecule has 4 heterocycles. The number of fused-ring (bicyclic) bond motifs is 3. The molecule has 8 nitrogen and oxygen atoms in total. The molecule has 0 atom stereocenters. The summed E-state index contributed by atoms with van der Waals surface area (Å²) in [5, 5.41) is 10.1. The predicted octanol–water partition coefficient (Wildman–Crippen LogP) is 4.61. The van der Waals surface area contributed by atoms with Crippen LogP contribution in [0.25, 0.3) is 16.7 Å². The quantitative estimate of drug-likeness (QED) is 0.453. The Kier molecular flexibility index (Phi) is 5.46. The molecule has 0 bridgehead atoms. The second-order valence-electron chi connectivity index (χ2n) is 8.05. The first-order valence-corrected chi connectivity index (χ1v) is 10.6. The Balaban J connectivity index is 1.33. The summed E-state index contributed by atoms with van der Waals surface area (Å²) >= 11 is 0. The van der Waals surface area contributed by atoms with Crippen LogP contribution in [0, 0.1) is 0 Å². The number of hydrogen-bond acceptors (Lipinski definition) is 5. The minimum absolute atomic E-state index is 0.0497.